The molecule has 1 heterocycles. The van der Waals surface area contributed by atoms with E-state index in [0.29, 0.717) is 33.6 Å². The Morgan fingerprint density at radius 2 is 2.22 bits per heavy atom. The molecule has 6 nitrogen and oxygen atoms in total. The van der Waals surface area contributed by atoms with Crippen molar-refractivity contribution >= 4 is 28.1 Å². The fourth-order valence-corrected chi connectivity index (χ4v) is 2.36. The topological polar surface area (TPSA) is 77.8 Å². The van der Waals surface area contributed by atoms with E-state index in [0.717, 1.165) is 0 Å². The maximum atomic E-state index is 11.9. The molecule has 1 atom stereocenters. The molecule has 1 aromatic heterocycles. The van der Waals surface area contributed by atoms with Gasteiger partial charge in [0.25, 0.3) is 5.91 Å². The summed E-state index contributed by atoms with van der Waals surface area (Å²) < 4.78 is 16.4. The zero-order chi connectivity index (χ0) is 16.8. The molecule has 2 aromatic rings. The zero-order valence-electron chi connectivity index (χ0n) is 12.7. The van der Waals surface area contributed by atoms with Gasteiger partial charge in [0.1, 0.15) is 5.76 Å². The minimum absolute atomic E-state index is 0.207. The number of benzene rings is 1. The summed E-state index contributed by atoms with van der Waals surface area (Å²) in [7, 11) is 1.48. The summed E-state index contributed by atoms with van der Waals surface area (Å²) >= 11 is 3.26. The molecular formula is C16H16BrNO5. The van der Waals surface area contributed by atoms with Gasteiger partial charge in [-0.15, -0.1) is 0 Å². The highest BCUT2D eigenvalue weighted by Crippen LogP contribution is 2.32. The lowest BCUT2D eigenvalue weighted by Gasteiger charge is -2.14. The smallest absolute Gasteiger partial charge is 0.258 e. The third-order valence-corrected chi connectivity index (χ3v) is 3.80. The molecule has 0 unspecified atom stereocenters. The number of halogens is 1. The molecule has 7 heteroatoms. The Balaban J connectivity index is 1.99. The summed E-state index contributed by atoms with van der Waals surface area (Å²) in [5.74, 6) is 1.09. The number of furan rings is 1. The van der Waals surface area contributed by atoms with Crippen LogP contribution in [0.25, 0.3) is 0 Å². The van der Waals surface area contributed by atoms with Crippen LogP contribution in [0.1, 0.15) is 29.1 Å². The first-order chi connectivity index (χ1) is 11.0. The predicted octanol–water partition coefficient (Wildman–Crippen LogP) is 3.12. The first-order valence-corrected chi connectivity index (χ1v) is 7.62. The van der Waals surface area contributed by atoms with Crippen molar-refractivity contribution in [2.24, 2.45) is 0 Å². The van der Waals surface area contributed by atoms with Gasteiger partial charge in [0.2, 0.25) is 0 Å². The van der Waals surface area contributed by atoms with Crippen LogP contribution in [0, 0.1) is 0 Å². The highest BCUT2D eigenvalue weighted by atomic mass is 79.9. The molecule has 0 radical (unpaired) electrons. The Morgan fingerprint density at radius 1 is 1.43 bits per heavy atom. The lowest BCUT2D eigenvalue weighted by molar-refractivity contribution is -0.123. The molecule has 0 saturated carbocycles. The standard InChI is InChI=1S/C16H16BrNO5/c1-10(13-4-3-5-22-13)18-16(20)9-23-15-6-11(8-19)12(17)7-14(15)21-2/h3-8,10H,9H2,1-2H3,(H,18,20)/t10-/m1/s1. The van der Waals surface area contributed by atoms with E-state index in [1.54, 1.807) is 31.4 Å². The van der Waals surface area contributed by atoms with Crippen LogP contribution in [0.15, 0.2) is 39.4 Å². The van der Waals surface area contributed by atoms with Crippen LogP contribution in [-0.4, -0.2) is 25.9 Å². The van der Waals surface area contributed by atoms with Crippen LogP contribution in [-0.2, 0) is 4.79 Å². The van der Waals surface area contributed by atoms with Crippen LogP contribution in [0.2, 0.25) is 0 Å². The van der Waals surface area contributed by atoms with Gasteiger partial charge in [0, 0.05) is 10.0 Å². The molecule has 0 bridgehead atoms. The van der Waals surface area contributed by atoms with Crippen molar-refractivity contribution in [3.63, 3.8) is 0 Å². The fraction of sp³-hybridized carbons (Fsp3) is 0.250. The predicted molar refractivity (Wildman–Crippen MR) is 86.8 cm³/mol. The Hall–Kier alpha value is -2.28. The SMILES string of the molecule is COc1cc(Br)c(C=O)cc1OCC(=O)N[C@H](C)c1ccco1. The van der Waals surface area contributed by atoms with Gasteiger partial charge in [0.15, 0.2) is 24.4 Å². The van der Waals surface area contributed by atoms with Gasteiger partial charge < -0.3 is 19.2 Å². The highest BCUT2D eigenvalue weighted by molar-refractivity contribution is 9.10. The van der Waals surface area contributed by atoms with Gasteiger partial charge in [-0.05, 0) is 47.1 Å². The Kier molecular flexibility index (Phi) is 5.81. The highest BCUT2D eigenvalue weighted by Gasteiger charge is 2.14. The molecule has 2 rings (SSSR count). The van der Waals surface area contributed by atoms with E-state index in [2.05, 4.69) is 21.2 Å². The summed E-state index contributed by atoms with van der Waals surface area (Å²) in [4.78, 5) is 22.9. The molecule has 0 aliphatic heterocycles. The van der Waals surface area contributed by atoms with Gasteiger partial charge in [-0.25, -0.2) is 0 Å². The molecule has 0 aliphatic rings. The number of rotatable bonds is 7. The van der Waals surface area contributed by atoms with Gasteiger partial charge in [-0.2, -0.15) is 0 Å². The molecule has 0 saturated heterocycles. The van der Waals surface area contributed by atoms with Crippen LogP contribution in [0.3, 0.4) is 0 Å². The van der Waals surface area contributed by atoms with Crippen molar-refractivity contribution < 1.29 is 23.5 Å². The van der Waals surface area contributed by atoms with Gasteiger partial charge in [0.05, 0.1) is 19.4 Å². The average molecular weight is 382 g/mol. The van der Waals surface area contributed by atoms with E-state index < -0.39 is 0 Å². The first-order valence-electron chi connectivity index (χ1n) is 6.83. The number of carbonyl (C=O) groups is 2. The summed E-state index contributed by atoms with van der Waals surface area (Å²) in [6, 6.07) is 6.39. The number of amides is 1. The monoisotopic (exact) mass is 381 g/mol. The maximum Gasteiger partial charge on any atom is 0.258 e. The van der Waals surface area contributed by atoms with Crippen LogP contribution < -0.4 is 14.8 Å². The van der Waals surface area contributed by atoms with Crippen LogP contribution in [0.5, 0.6) is 11.5 Å². The molecule has 122 valence electrons. The second-order valence-corrected chi connectivity index (χ2v) is 5.59. The Labute approximate surface area is 141 Å². The zero-order valence-corrected chi connectivity index (χ0v) is 14.3. The second kappa shape index (κ2) is 7.82. The average Bonchev–Trinajstić information content (AvgIpc) is 3.07. The van der Waals surface area contributed by atoms with Gasteiger partial charge in [-0.3, -0.25) is 9.59 Å². The van der Waals surface area contributed by atoms with E-state index in [1.165, 1.54) is 13.2 Å². The van der Waals surface area contributed by atoms with Crippen LogP contribution in [0.4, 0.5) is 0 Å². The van der Waals surface area contributed by atoms with E-state index in [-0.39, 0.29) is 18.6 Å². The van der Waals surface area contributed by atoms with Crippen molar-refractivity contribution in [3.05, 3.63) is 46.3 Å². The lowest BCUT2D eigenvalue weighted by Crippen LogP contribution is -2.31. The van der Waals surface area contributed by atoms with Crippen molar-refractivity contribution in [2.45, 2.75) is 13.0 Å². The van der Waals surface area contributed by atoms with Gasteiger partial charge in [-0.1, -0.05) is 0 Å². The number of aldehydes is 1. The third-order valence-electron chi connectivity index (χ3n) is 3.12. The minimum atomic E-state index is -0.313. The molecule has 0 aliphatic carbocycles. The minimum Gasteiger partial charge on any atom is -0.493 e. The van der Waals surface area contributed by atoms with E-state index >= 15 is 0 Å². The first kappa shape index (κ1) is 17.1. The van der Waals surface area contributed by atoms with Crippen LogP contribution >= 0.6 is 15.9 Å². The van der Waals surface area contributed by atoms with Crippen molar-refractivity contribution in [1.29, 1.82) is 0 Å². The molecular weight excluding hydrogens is 366 g/mol. The summed E-state index contributed by atoms with van der Waals surface area (Å²) in [6.45, 7) is 1.60. The van der Waals surface area contributed by atoms with E-state index in [4.69, 9.17) is 13.9 Å². The molecule has 0 fully saturated rings. The fourth-order valence-electron chi connectivity index (χ4n) is 1.95. The van der Waals surface area contributed by atoms with E-state index in [1.807, 2.05) is 0 Å². The number of methoxy groups -OCH3 is 1. The lowest BCUT2D eigenvalue weighted by atomic mass is 10.2. The number of hydrogen-bond donors (Lipinski definition) is 1. The number of hydrogen-bond acceptors (Lipinski definition) is 5. The quantitative estimate of drug-likeness (QED) is 0.745. The van der Waals surface area contributed by atoms with Crippen molar-refractivity contribution in [1.82, 2.24) is 5.32 Å². The summed E-state index contributed by atoms with van der Waals surface area (Å²) in [6.07, 6.45) is 2.23. The second-order valence-electron chi connectivity index (χ2n) is 4.74. The maximum absolute atomic E-state index is 11.9. The van der Waals surface area contributed by atoms with Crippen molar-refractivity contribution in [3.8, 4) is 11.5 Å². The third kappa shape index (κ3) is 4.35. The Morgan fingerprint density at radius 3 is 2.83 bits per heavy atom. The largest absolute Gasteiger partial charge is 0.493 e. The molecule has 0 spiro atoms. The Bertz CT molecular complexity index is 684. The number of nitrogens with one attached hydrogen (secondary N) is 1. The summed E-state index contributed by atoms with van der Waals surface area (Å²) in [5, 5.41) is 2.75. The molecule has 1 N–H and O–H groups in total. The summed E-state index contributed by atoms with van der Waals surface area (Å²) in [5.41, 5.74) is 0.408. The molecule has 1 aromatic carbocycles. The number of ether oxygens (including phenoxy) is 2. The number of carbonyl (C=O) groups excluding carboxylic acids is 2. The normalized spacial score (nSPS) is 11.6. The molecule has 1 amide bonds. The van der Waals surface area contributed by atoms with E-state index in [9.17, 15) is 9.59 Å². The van der Waals surface area contributed by atoms with Crippen molar-refractivity contribution in [2.75, 3.05) is 13.7 Å². The van der Waals surface area contributed by atoms with Gasteiger partial charge >= 0.3 is 0 Å². The molecule has 23 heavy (non-hydrogen) atoms.